The molecule has 0 aromatic heterocycles. The van der Waals surface area contributed by atoms with Gasteiger partial charge in [0.05, 0.1) is 6.61 Å². The molecule has 2 saturated heterocycles. The Morgan fingerprint density at radius 2 is 2.06 bits per heavy atom. The molecular weight excluding hydrogens is 216 g/mol. The predicted molar refractivity (Wildman–Crippen MR) is 67.8 cm³/mol. The van der Waals surface area contributed by atoms with Gasteiger partial charge in [-0.25, -0.2) is 0 Å². The summed E-state index contributed by atoms with van der Waals surface area (Å²) in [6.07, 6.45) is 5.78. The van der Waals surface area contributed by atoms with E-state index in [1.807, 2.05) is 0 Å². The Bertz CT molecular complexity index is 229. The third kappa shape index (κ3) is 3.19. The second kappa shape index (κ2) is 6.14. The van der Waals surface area contributed by atoms with Crippen molar-refractivity contribution in [3.05, 3.63) is 0 Å². The molecule has 4 nitrogen and oxygen atoms in total. The molecule has 0 spiro atoms. The zero-order valence-corrected chi connectivity index (χ0v) is 10.7. The number of aliphatic hydroxyl groups is 1. The maximum Gasteiger partial charge on any atom is 0.0586 e. The van der Waals surface area contributed by atoms with Crippen LogP contribution in [0.3, 0.4) is 0 Å². The summed E-state index contributed by atoms with van der Waals surface area (Å²) in [4.78, 5) is 2.46. The number of rotatable bonds is 4. The summed E-state index contributed by atoms with van der Waals surface area (Å²) in [5.74, 6) is 0. The van der Waals surface area contributed by atoms with Gasteiger partial charge in [0.2, 0.25) is 0 Å². The van der Waals surface area contributed by atoms with Crippen LogP contribution in [0.15, 0.2) is 0 Å². The number of hydrogen-bond donors (Lipinski definition) is 2. The monoisotopic (exact) mass is 242 g/mol. The van der Waals surface area contributed by atoms with Crippen molar-refractivity contribution in [1.82, 2.24) is 4.90 Å². The van der Waals surface area contributed by atoms with Crippen molar-refractivity contribution < 1.29 is 9.84 Å². The standard InChI is InChI=1S/C13H26N2O2/c14-10-13(4-7-17-8-5-13)11-15-6-2-1-3-12(15)9-16/h12,16H,1-11,14H2. The lowest BCUT2D eigenvalue weighted by Crippen LogP contribution is -2.51. The van der Waals surface area contributed by atoms with Crippen LogP contribution in [-0.2, 0) is 4.74 Å². The van der Waals surface area contributed by atoms with E-state index < -0.39 is 0 Å². The van der Waals surface area contributed by atoms with Crippen molar-refractivity contribution >= 4 is 0 Å². The van der Waals surface area contributed by atoms with Crippen LogP contribution in [-0.4, -0.2) is 55.5 Å². The van der Waals surface area contributed by atoms with Gasteiger partial charge in [0.1, 0.15) is 0 Å². The average Bonchev–Trinajstić information content (AvgIpc) is 2.40. The first-order chi connectivity index (χ1) is 8.29. The first-order valence-electron chi connectivity index (χ1n) is 6.92. The first-order valence-corrected chi connectivity index (χ1v) is 6.92. The fourth-order valence-corrected chi connectivity index (χ4v) is 3.14. The molecule has 2 aliphatic rings. The van der Waals surface area contributed by atoms with Gasteiger partial charge in [0.15, 0.2) is 0 Å². The highest BCUT2D eigenvalue weighted by atomic mass is 16.5. The Hall–Kier alpha value is -0.160. The molecule has 4 heteroatoms. The summed E-state index contributed by atoms with van der Waals surface area (Å²) < 4.78 is 5.45. The average molecular weight is 242 g/mol. The van der Waals surface area contributed by atoms with Gasteiger partial charge in [-0.2, -0.15) is 0 Å². The lowest BCUT2D eigenvalue weighted by molar-refractivity contribution is -0.0201. The number of hydrogen-bond acceptors (Lipinski definition) is 4. The number of likely N-dealkylation sites (tertiary alicyclic amines) is 1. The lowest BCUT2D eigenvalue weighted by atomic mass is 9.79. The van der Waals surface area contributed by atoms with E-state index >= 15 is 0 Å². The molecule has 0 aromatic carbocycles. The van der Waals surface area contributed by atoms with Crippen LogP contribution in [0.2, 0.25) is 0 Å². The maximum atomic E-state index is 9.45. The molecule has 2 rings (SSSR count). The highest BCUT2D eigenvalue weighted by molar-refractivity contribution is 4.89. The molecule has 3 N–H and O–H groups in total. The van der Waals surface area contributed by atoms with Crippen LogP contribution in [0, 0.1) is 5.41 Å². The summed E-state index contributed by atoms with van der Waals surface area (Å²) in [6.45, 7) is 4.87. The van der Waals surface area contributed by atoms with E-state index in [2.05, 4.69) is 4.90 Å². The molecule has 0 radical (unpaired) electrons. The Kier molecular flexibility index (Phi) is 4.79. The van der Waals surface area contributed by atoms with Gasteiger partial charge in [0, 0.05) is 25.8 Å². The van der Waals surface area contributed by atoms with E-state index in [1.165, 1.54) is 12.8 Å². The third-order valence-electron chi connectivity index (χ3n) is 4.48. The smallest absolute Gasteiger partial charge is 0.0586 e. The van der Waals surface area contributed by atoms with E-state index in [4.69, 9.17) is 10.5 Å². The van der Waals surface area contributed by atoms with Crippen molar-refractivity contribution in [2.24, 2.45) is 11.1 Å². The maximum absolute atomic E-state index is 9.45. The van der Waals surface area contributed by atoms with Gasteiger partial charge < -0.3 is 15.6 Å². The van der Waals surface area contributed by atoms with Crippen molar-refractivity contribution in [3.63, 3.8) is 0 Å². The SMILES string of the molecule is NCC1(CN2CCCCC2CO)CCOCC1. The van der Waals surface area contributed by atoms with E-state index in [1.54, 1.807) is 0 Å². The largest absolute Gasteiger partial charge is 0.395 e. The van der Waals surface area contributed by atoms with Crippen LogP contribution in [0.1, 0.15) is 32.1 Å². The fourth-order valence-electron chi connectivity index (χ4n) is 3.14. The molecular formula is C13H26N2O2. The molecule has 0 amide bonds. The molecule has 1 atom stereocenters. The molecule has 2 fully saturated rings. The third-order valence-corrected chi connectivity index (χ3v) is 4.48. The second-order valence-electron chi connectivity index (χ2n) is 5.62. The Balaban J connectivity index is 1.96. The van der Waals surface area contributed by atoms with Crippen molar-refractivity contribution in [1.29, 1.82) is 0 Å². The quantitative estimate of drug-likeness (QED) is 0.757. The molecule has 2 heterocycles. The molecule has 1 unspecified atom stereocenters. The van der Waals surface area contributed by atoms with Gasteiger partial charge >= 0.3 is 0 Å². The van der Waals surface area contributed by atoms with Gasteiger partial charge in [-0.05, 0) is 44.2 Å². The molecule has 0 aliphatic carbocycles. The highest BCUT2D eigenvalue weighted by Gasteiger charge is 2.35. The summed E-state index contributed by atoms with van der Waals surface area (Å²) in [5, 5.41) is 9.45. The van der Waals surface area contributed by atoms with Crippen molar-refractivity contribution in [3.8, 4) is 0 Å². The van der Waals surface area contributed by atoms with Crippen LogP contribution >= 0.6 is 0 Å². The zero-order valence-electron chi connectivity index (χ0n) is 10.7. The van der Waals surface area contributed by atoms with Crippen LogP contribution < -0.4 is 5.73 Å². The topological polar surface area (TPSA) is 58.7 Å². The molecule has 100 valence electrons. The minimum atomic E-state index is 0.225. The van der Waals surface area contributed by atoms with Gasteiger partial charge in [-0.1, -0.05) is 6.42 Å². The van der Waals surface area contributed by atoms with Gasteiger partial charge in [-0.3, -0.25) is 4.90 Å². The van der Waals surface area contributed by atoms with Crippen LogP contribution in [0.5, 0.6) is 0 Å². The molecule has 17 heavy (non-hydrogen) atoms. The predicted octanol–water partition coefficient (Wildman–Crippen LogP) is 0.589. The minimum absolute atomic E-state index is 0.225. The molecule has 0 saturated carbocycles. The zero-order chi connectivity index (χ0) is 12.1. The minimum Gasteiger partial charge on any atom is -0.395 e. The van der Waals surface area contributed by atoms with E-state index in [9.17, 15) is 5.11 Å². The Morgan fingerprint density at radius 1 is 1.29 bits per heavy atom. The Morgan fingerprint density at radius 3 is 2.71 bits per heavy atom. The fraction of sp³-hybridized carbons (Fsp3) is 1.00. The normalized spacial score (nSPS) is 30.4. The molecule has 0 bridgehead atoms. The summed E-state index contributed by atoms with van der Waals surface area (Å²) >= 11 is 0. The number of nitrogens with two attached hydrogens (primary N) is 1. The van der Waals surface area contributed by atoms with Gasteiger partial charge in [0.25, 0.3) is 0 Å². The first kappa shape index (κ1) is 13.3. The highest BCUT2D eigenvalue weighted by Crippen LogP contribution is 2.32. The van der Waals surface area contributed by atoms with Crippen LogP contribution in [0.25, 0.3) is 0 Å². The summed E-state index contributed by atoms with van der Waals surface area (Å²) in [5.41, 5.74) is 6.22. The van der Waals surface area contributed by atoms with Gasteiger partial charge in [-0.15, -0.1) is 0 Å². The lowest BCUT2D eigenvalue weighted by Gasteiger charge is -2.44. The summed E-state index contributed by atoms with van der Waals surface area (Å²) in [7, 11) is 0. The van der Waals surface area contributed by atoms with E-state index in [-0.39, 0.29) is 12.0 Å². The van der Waals surface area contributed by atoms with E-state index in [0.717, 1.165) is 52.1 Å². The van der Waals surface area contributed by atoms with Crippen LogP contribution in [0.4, 0.5) is 0 Å². The summed E-state index contributed by atoms with van der Waals surface area (Å²) in [6, 6.07) is 0.356. The van der Waals surface area contributed by atoms with Crippen molar-refractivity contribution in [2.45, 2.75) is 38.1 Å². The number of ether oxygens (including phenoxy) is 1. The number of nitrogens with zero attached hydrogens (tertiary/aromatic N) is 1. The number of aliphatic hydroxyl groups excluding tert-OH is 1. The second-order valence-corrected chi connectivity index (χ2v) is 5.62. The molecule has 2 aliphatic heterocycles. The molecule has 0 aromatic rings. The number of piperidine rings is 1. The van der Waals surface area contributed by atoms with Crippen molar-refractivity contribution in [2.75, 3.05) is 39.5 Å². The van der Waals surface area contributed by atoms with E-state index in [0.29, 0.717) is 6.04 Å². The Labute approximate surface area is 104 Å².